The van der Waals surface area contributed by atoms with Gasteiger partial charge in [-0.2, -0.15) is 10.1 Å². The van der Waals surface area contributed by atoms with E-state index in [2.05, 4.69) is 35.7 Å². The van der Waals surface area contributed by atoms with Crippen molar-refractivity contribution in [3.8, 4) is 0 Å². The molecule has 0 bridgehead atoms. The lowest BCUT2D eigenvalue weighted by atomic mass is 10.0. The van der Waals surface area contributed by atoms with Gasteiger partial charge in [0.25, 0.3) is 0 Å². The van der Waals surface area contributed by atoms with Crippen molar-refractivity contribution in [2.45, 2.75) is 44.1 Å². The Morgan fingerprint density at radius 1 is 1.19 bits per heavy atom. The van der Waals surface area contributed by atoms with Crippen molar-refractivity contribution in [3.63, 3.8) is 0 Å². The minimum absolute atomic E-state index is 0.0444. The molecule has 0 amide bonds. The first-order valence-corrected chi connectivity index (χ1v) is 11.6. The van der Waals surface area contributed by atoms with Crippen molar-refractivity contribution >= 4 is 29.2 Å². The van der Waals surface area contributed by atoms with Gasteiger partial charge in [-0.15, -0.1) is 0 Å². The van der Waals surface area contributed by atoms with Gasteiger partial charge >= 0.3 is 0 Å². The Bertz CT molecular complexity index is 1040. The van der Waals surface area contributed by atoms with Crippen molar-refractivity contribution in [2.75, 3.05) is 30.3 Å². The van der Waals surface area contributed by atoms with Crippen molar-refractivity contribution in [2.24, 2.45) is 0 Å². The van der Waals surface area contributed by atoms with Crippen LogP contribution in [0.5, 0.6) is 0 Å². The van der Waals surface area contributed by atoms with Crippen molar-refractivity contribution in [3.05, 3.63) is 58.6 Å². The molecule has 3 N–H and O–H groups in total. The largest absolute Gasteiger partial charge is 0.347 e. The molecule has 168 valence electrons. The Labute approximate surface area is 191 Å². The summed E-state index contributed by atoms with van der Waals surface area (Å²) in [6.45, 7) is 3.23. The van der Waals surface area contributed by atoms with E-state index in [4.69, 9.17) is 11.6 Å². The monoisotopic (exact) mass is 455 g/mol. The first-order chi connectivity index (χ1) is 15.6. The van der Waals surface area contributed by atoms with Gasteiger partial charge in [0.05, 0.1) is 12.2 Å². The van der Waals surface area contributed by atoms with Crippen molar-refractivity contribution in [1.82, 2.24) is 25.1 Å². The van der Waals surface area contributed by atoms with Crippen LogP contribution in [0, 0.1) is 5.82 Å². The fourth-order valence-corrected chi connectivity index (χ4v) is 4.28. The van der Waals surface area contributed by atoms with Crippen LogP contribution in [0.15, 0.2) is 36.5 Å². The van der Waals surface area contributed by atoms with Crippen LogP contribution in [0.2, 0.25) is 5.02 Å². The van der Waals surface area contributed by atoms with Gasteiger partial charge < -0.3 is 15.5 Å². The van der Waals surface area contributed by atoms with Gasteiger partial charge in [0.2, 0.25) is 5.95 Å². The first-order valence-electron chi connectivity index (χ1n) is 11.2. The van der Waals surface area contributed by atoms with Crippen LogP contribution in [0.25, 0.3) is 0 Å². The SMILES string of the molecule is Fc1ccc([C@H](CCN2CCCC2)Nc2ncc(Cl)c(Nc3cc(C4CC4)[nH]n3)n2)cc1. The molecular weight excluding hydrogens is 429 g/mol. The second kappa shape index (κ2) is 9.42. The fourth-order valence-electron chi connectivity index (χ4n) is 4.14. The Hall–Kier alpha value is -2.71. The summed E-state index contributed by atoms with van der Waals surface area (Å²) in [5, 5.41) is 14.4. The van der Waals surface area contributed by atoms with Gasteiger partial charge in [0.15, 0.2) is 11.6 Å². The van der Waals surface area contributed by atoms with E-state index in [1.807, 2.05) is 18.2 Å². The van der Waals surface area contributed by atoms with Crippen molar-refractivity contribution in [1.29, 1.82) is 0 Å². The number of nitrogens with zero attached hydrogens (tertiary/aromatic N) is 4. The average Bonchev–Trinajstić information content (AvgIpc) is 3.31. The number of anilines is 3. The van der Waals surface area contributed by atoms with Crippen LogP contribution in [-0.4, -0.2) is 44.7 Å². The van der Waals surface area contributed by atoms with Gasteiger partial charge in [-0.1, -0.05) is 23.7 Å². The predicted octanol–water partition coefficient (Wildman–Crippen LogP) is 5.25. The van der Waals surface area contributed by atoms with E-state index in [1.165, 1.54) is 37.8 Å². The highest BCUT2D eigenvalue weighted by molar-refractivity contribution is 6.32. The molecule has 2 fully saturated rings. The maximum absolute atomic E-state index is 13.5. The summed E-state index contributed by atoms with van der Waals surface area (Å²) in [4.78, 5) is 11.4. The van der Waals surface area contributed by atoms with E-state index < -0.39 is 0 Å². The number of hydrogen-bond donors (Lipinski definition) is 3. The molecule has 1 aromatic carbocycles. The van der Waals surface area contributed by atoms with Crippen LogP contribution < -0.4 is 10.6 Å². The van der Waals surface area contributed by atoms with E-state index in [0.717, 1.165) is 37.3 Å². The second-order valence-corrected chi connectivity index (χ2v) is 8.99. The molecule has 1 saturated carbocycles. The zero-order valence-corrected chi connectivity index (χ0v) is 18.6. The molecule has 1 aliphatic heterocycles. The summed E-state index contributed by atoms with van der Waals surface area (Å²) in [7, 11) is 0. The molecule has 1 saturated heterocycles. The highest BCUT2D eigenvalue weighted by Gasteiger charge is 2.25. The lowest BCUT2D eigenvalue weighted by molar-refractivity contribution is 0.325. The summed E-state index contributed by atoms with van der Waals surface area (Å²) in [6, 6.07) is 8.57. The van der Waals surface area contributed by atoms with Crippen LogP contribution >= 0.6 is 11.6 Å². The number of aromatic amines is 1. The standard InChI is InChI=1S/C23H27ClFN7/c24-18-14-26-23(29-22(18)28-21-13-20(30-31-21)16-3-4-16)27-19(9-12-32-10-1-2-11-32)15-5-7-17(25)8-6-15/h5-8,13-14,16,19H,1-4,9-12H2,(H3,26,27,28,29,30,31)/t19-/m0/s1. The third-order valence-corrected chi connectivity index (χ3v) is 6.39. The fraction of sp³-hybridized carbons (Fsp3) is 0.435. The third kappa shape index (κ3) is 5.19. The molecule has 1 atom stereocenters. The quantitative estimate of drug-likeness (QED) is 0.408. The van der Waals surface area contributed by atoms with Gasteiger partial charge in [-0.25, -0.2) is 9.37 Å². The molecular formula is C23H27ClFN7. The van der Waals surface area contributed by atoms with E-state index in [0.29, 0.717) is 28.5 Å². The predicted molar refractivity (Wildman–Crippen MR) is 124 cm³/mol. The molecule has 3 heterocycles. The number of nitrogens with one attached hydrogen (secondary N) is 3. The number of aromatic nitrogens is 4. The van der Waals surface area contributed by atoms with Crippen LogP contribution in [0.1, 0.15) is 55.3 Å². The smallest absolute Gasteiger partial charge is 0.225 e. The number of H-pyrrole nitrogens is 1. The molecule has 1 aliphatic carbocycles. The summed E-state index contributed by atoms with van der Waals surface area (Å²) in [6.07, 6.45) is 7.35. The average molecular weight is 456 g/mol. The molecule has 2 aliphatic rings. The number of halogens is 2. The summed E-state index contributed by atoms with van der Waals surface area (Å²) < 4.78 is 13.5. The van der Waals surface area contributed by atoms with Gasteiger partial charge in [0.1, 0.15) is 10.8 Å². The minimum Gasteiger partial charge on any atom is -0.347 e. The second-order valence-electron chi connectivity index (χ2n) is 8.58. The lowest BCUT2D eigenvalue weighted by Crippen LogP contribution is -2.24. The molecule has 0 unspecified atom stereocenters. The van der Waals surface area contributed by atoms with Crippen molar-refractivity contribution < 1.29 is 4.39 Å². The topological polar surface area (TPSA) is 81.8 Å². The van der Waals surface area contributed by atoms with Crippen LogP contribution in [0.4, 0.5) is 22.0 Å². The first kappa shape index (κ1) is 21.2. The molecule has 0 radical (unpaired) electrons. The molecule has 7 nitrogen and oxygen atoms in total. The van der Waals surface area contributed by atoms with Gasteiger partial charge in [-0.3, -0.25) is 5.10 Å². The minimum atomic E-state index is -0.245. The molecule has 32 heavy (non-hydrogen) atoms. The van der Waals surface area contributed by atoms with E-state index >= 15 is 0 Å². The highest BCUT2D eigenvalue weighted by atomic mass is 35.5. The number of rotatable bonds is 9. The maximum atomic E-state index is 13.5. The maximum Gasteiger partial charge on any atom is 0.225 e. The van der Waals surface area contributed by atoms with E-state index in [-0.39, 0.29) is 11.9 Å². The summed E-state index contributed by atoms with van der Waals surface area (Å²) in [5.41, 5.74) is 2.13. The molecule has 5 rings (SSSR count). The van der Waals surface area contributed by atoms with E-state index in [1.54, 1.807) is 6.20 Å². The van der Waals surface area contributed by atoms with Crippen LogP contribution in [-0.2, 0) is 0 Å². The normalized spacial score (nSPS) is 17.4. The summed E-state index contributed by atoms with van der Waals surface area (Å²) >= 11 is 6.34. The number of hydrogen-bond acceptors (Lipinski definition) is 6. The highest BCUT2D eigenvalue weighted by Crippen LogP contribution is 2.39. The Balaban J connectivity index is 1.32. The number of benzene rings is 1. The molecule has 0 spiro atoms. The molecule has 3 aromatic rings. The summed E-state index contributed by atoms with van der Waals surface area (Å²) in [5.74, 6) is 1.98. The zero-order valence-electron chi connectivity index (χ0n) is 17.8. The third-order valence-electron chi connectivity index (χ3n) is 6.11. The van der Waals surface area contributed by atoms with Gasteiger partial charge in [-0.05, 0) is 62.9 Å². The van der Waals surface area contributed by atoms with Gasteiger partial charge in [0, 0.05) is 24.2 Å². The zero-order chi connectivity index (χ0) is 21.9. The molecule has 9 heteroatoms. The van der Waals surface area contributed by atoms with Crippen LogP contribution in [0.3, 0.4) is 0 Å². The molecule has 2 aromatic heterocycles. The lowest BCUT2D eigenvalue weighted by Gasteiger charge is -2.23. The van der Waals surface area contributed by atoms with E-state index in [9.17, 15) is 4.39 Å². The number of likely N-dealkylation sites (tertiary alicyclic amines) is 1. The Morgan fingerprint density at radius 3 is 2.72 bits per heavy atom. The Kier molecular flexibility index (Phi) is 6.23. The Morgan fingerprint density at radius 2 is 1.97 bits per heavy atom.